The molecule has 3 N–H and O–H groups in total. The molecule has 38 heavy (non-hydrogen) atoms. The van der Waals surface area contributed by atoms with Gasteiger partial charge in [-0.2, -0.15) is 0 Å². The Kier molecular flexibility index (Phi) is 7.53. The standard InChI is InChI=1S/C25H18As2O7S4/c28-17-5-3-14-19(16-11-12(24(30)31)1-2-13(16)25(32)33)15-4-6-18(29)21(27-37-9-10-38-27)23(15)34-22(14)20(17)26-35-7-8-36-26/h1-6,11,28H,7-10H2,(H,30,31)(H,32,33). The molecule has 0 amide bonds. The molecule has 4 aliphatic rings. The summed E-state index contributed by atoms with van der Waals surface area (Å²) in [6.07, 6.45) is 0. The van der Waals surface area contributed by atoms with Gasteiger partial charge in [-0.1, -0.05) is 0 Å². The second-order valence-corrected chi connectivity index (χ2v) is 31.5. The molecule has 0 radical (unpaired) electrons. The summed E-state index contributed by atoms with van der Waals surface area (Å²) in [5, 5.41) is 31.4. The van der Waals surface area contributed by atoms with Crippen LogP contribution in [0.25, 0.3) is 33.4 Å². The fourth-order valence-electron chi connectivity index (χ4n) is 4.48. The third-order valence-corrected chi connectivity index (χ3v) is 33.3. The summed E-state index contributed by atoms with van der Waals surface area (Å²) in [5.41, 5.74) is 1.60. The van der Waals surface area contributed by atoms with Gasteiger partial charge in [0, 0.05) is 0 Å². The molecule has 1 aliphatic carbocycles. The number of rotatable bonds is 5. The van der Waals surface area contributed by atoms with Crippen LogP contribution in [-0.4, -0.2) is 74.9 Å². The first-order valence-corrected chi connectivity index (χ1v) is 26.2. The first-order valence-electron chi connectivity index (χ1n) is 11.3. The Morgan fingerprint density at radius 2 is 1.45 bits per heavy atom. The van der Waals surface area contributed by atoms with E-state index in [9.17, 15) is 29.7 Å². The van der Waals surface area contributed by atoms with E-state index in [-0.39, 0.29) is 27.9 Å². The van der Waals surface area contributed by atoms with Crippen LogP contribution in [0.5, 0.6) is 5.75 Å². The van der Waals surface area contributed by atoms with Gasteiger partial charge in [-0.25, -0.2) is 0 Å². The monoisotopic (exact) mass is 708 g/mol. The molecule has 0 bridgehead atoms. The number of fused-ring (bicyclic) bond motifs is 2. The normalized spacial score (nSPS) is 16.5. The average molecular weight is 709 g/mol. The van der Waals surface area contributed by atoms with Gasteiger partial charge in [0.05, 0.1) is 0 Å². The van der Waals surface area contributed by atoms with Crippen molar-refractivity contribution in [1.82, 2.24) is 0 Å². The average Bonchev–Trinajstić information content (AvgIpc) is 3.62. The predicted molar refractivity (Wildman–Crippen MR) is 161 cm³/mol. The van der Waals surface area contributed by atoms with E-state index in [1.165, 1.54) is 24.3 Å². The molecule has 0 unspecified atom stereocenters. The molecule has 2 aromatic carbocycles. The molecule has 13 heteroatoms. The number of carboxylic acids is 2. The summed E-state index contributed by atoms with van der Waals surface area (Å²) in [4.78, 5) is 37.5. The number of phenols is 1. The molecule has 2 aromatic rings. The number of carbonyl (C=O) groups is 2. The Bertz CT molecular complexity index is 1650. The molecular formula is C25H18As2O7S4. The van der Waals surface area contributed by atoms with Crippen molar-refractivity contribution < 1.29 is 29.3 Å². The van der Waals surface area contributed by atoms with Crippen molar-refractivity contribution in [3.63, 3.8) is 0 Å². The minimum absolute atomic E-state index is 0.0414. The van der Waals surface area contributed by atoms with Crippen LogP contribution < -0.4 is 14.1 Å². The van der Waals surface area contributed by atoms with Crippen LogP contribution in [0.15, 0.2) is 51.7 Å². The summed E-state index contributed by atoms with van der Waals surface area (Å²) in [6.45, 7) is 0. The van der Waals surface area contributed by atoms with E-state index >= 15 is 0 Å². The maximum atomic E-state index is 13.3. The van der Waals surface area contributed by atoms with Gasteiger partial charge in [-0.05, 0) is 0 Å². The molecule has 0 saturated carbocycles. The number of benzene rings is 3. The van der Waals surface area contributed by atoms with Crippen LogP contribution in [-0.2, 0) is 0 Å². The van der Waals surface area contributed by atoms with E-state index in [4.69, 9.17) is 4.42 Å². The summed E-state index contributed by atoms with van der Waals surface area (Å²) in [6, 6.07) is 10.4. The molecule has 6 rings (SSSR count). The quantitative estimate of drug-likeness (QED) is 0.206. The van der Waals surface area contributed by atoms with E-state index in [2.05, 4.69) is 0 Å². The van der Waals surface area contributed by atoms with Gasteiger partial charge in [0.15, 0.2) is 0 Å². The zero-order chi connectivity index (χ0) is 26.6. The first-order chi connectivity index (χ1) is 18.3. The minimum atomic E-state index is -1.86. The van der Waals surface area contributed by atoms with Crippen molar-refractivity contribution in [3.05, 3.63) is 63.8 Å². The van der Waals surface area contributed by atoms with Crippen LogP contribution in [0.2, 0.25) is 0 Å². The van der Waals surface area contributed by atoms with E-state index in [0.717, 1.165) is 27.4 Å². The molecule has 3 aliphatic heterocycles. The van der Waals surface area contributed by atoms with Crippen LogP contribution >= 0.6 is 40.1 Å². The van der Waals surface area contributed by atoms with Crippen LogP contribution in [0.3, 0.4) is 0 Å². The molecule has 2 fully saturated rings. The van der Waals surface area contributed by atoms with Gasteiger partial charge in [-0.3, -0.25) is 0 Å². The van der Waals surface area contributed by atoms with E-state index in [1.54, 1.807) is 18.2 Å². The summed E-state index contributed by atoms with van der Waals surface area (Å²) >= 11 is -3.68. The zero-order valence-corrected chi connectivity index (χ0v) is 26.4. The van der Waals surface area contributed by atoms with Gasteiger partial charge < -0.3 is 0 Å². The SMILES string of the molecule is O=C(O)c1ccc(C(=O)O)c(-c2c3ccc(=O)c([As]4SCCS4)c-3oc3c([As]4SCCS4)c(O)ccc23)c1. The zero-order valence-electron chi connectivity index (χ0n) is 19.4. The van der Waals surface area contributed by atoms with E-state index in [1.807, 2.05) is 40.1 Å². The Labute approximate surface area is 238 Å². The predicted octanol–water partition coefficient (Wildman–Crippen LogP) is 4.02. The van der Waals surface area contributed by atoms with Gasteiger partial charge in [0.1, 0.15) is 0 Å². The summed E-state index contributed by atoms with van der Waals surface area (Å²) in [5.74, 6) is 2.07. The fourth-order valence-corrected chi connectivity index (χ4v) is 34.1. The Hall–Kier alpha value is -1.61. The van der Waals surface area contributed by atoms with Gasteiger partial charge >= 0.3 is 241 Å². The Balaban J connectivity index is 1.79. The van der Waals surface area contributed by atoms with E-state index < -0.39 is 36.6 Å². The van der Waals surface area contributed by atoms with Crippen LogP contribution in [0.1, 0.15) is 20.7 Å². The second-order valence-electron chi connectivity index (χ2n) is 8.29. The topological polar surface area (TPSA) is 125 Å². The first kappa shape index (κ1) is 26.6. The molecule has 0 spiro atoms. The fraction of sp³-hybridized carbons (Fsp3) is 0.160. The second kappa shape index (κ2) is 10.8. The molecule has 7 nitrogen and oxygen atoms in total. The van der Waals surface area contributed by atoms with E-state index in [0.29, 0.717) is 32.2 Å². The van der Waals surface area contributed by atoms with Crippen molar-refractivity contribution in [1.29, 1.82) is 0 Å². The molecule has 194 valence electrons. The van der Waals surface area contributed by atoms with Crippen molar-refractivity contribution in [2.24, 2.45) is 0 Å². The summed E-state index contributed by atoms with van der Waals surface area (Å²) < 4.78 is 8.03. The molecule has 2 saturated heterocycles. The number of phenolic OH excluding ortho intramolecular Hbond substituents is 1. The number of aromatic hydroxyl groups is 1. The van der Waals surface area contributed by atoms with Crippen LogP contribution in [0, 0.1) is 0 Å². The van der Waals surface area contributed by atoms with Crippen molar-refractivity contribution in [2.45, 2.75) is 0 Å². The Morgan fingerprint density at radius 1 is 0.789 bits per heavy atom. The summed E-state index contributed by atoms with van der Waals surface area (Å²) in [7, 11) is 7.28. The number of carboxylic acid groups (broad SMARTS) is 2. The number of hydrogen-bond acceptors (Lipinski definition) is 9. The van der Waals surface area contributed by atoms with Gasteiger partial charge in [0.25, 0.3) is 0 Å². The number of hydrogen-bond donors (Lipinski definition) is 3. The Morgan fingerprint density at radius 3 is 2.08 bits per heavy atom. The number of aromatic carboxylic acids is 2. The maximum absolute atomic E-state index is 13.3. The van der Waals surface area contributed by atoms with Crippen LogP contribution in [0.4, 0.5) is 0 Å². The van der Waals surface area contributed by atoms with Crippen molar-refractivity contribution >= 4 is 96.4 Å². The molecule has 3 heterocycles. The molecule has 0 aromatic heterocycles. The van der Waals surface area contributed by atoms with Crippen molar-refractivity contribution in [2.75, 3.05) is 23.0 Å². The van der Waals surface area contributed by atoms with Gasteiger partial charge in [0.2, 0.25) is 0 Å². The third-order valence-electron chi connectivity index (χ3n) is 6.08. The third kappa shape index (κ3) is 4.59. The van der Waals surface area contributed by atoms with Crippen molar-refractivity contribution in [3.8, 4) is 28.2 Å². The van der Waals surface area contributed by atoms with Gasteiger partial charge in [-0.15, -0.1) is 0 Å². The molecule has 0 atom stereocenters. The molecular weight excluding hydrogens is 690 g/mol.